The molecule has 0 spiro atoms. The summed E-state index contributed by atoms with van der Waals surface area (Å²) in [5.74, 6) is -3.15. The van der Waals surface area contributed by atoms with Gasteiger partial charge in [-0.1, -0.05) is 6.58 Å². The summed E-state index contributed by atoms with van der Waals surface area (Å²) in [7, 11) is 1.54. The summed E-state index contributed by atoms with van der Waals surface area (Å²) < 4.78 is 37.2. The lowest BCUT2D eigenvalue weighted by molar-refractivity contribution is -0.0653. The van der Waals surface area contributed by atoms with Crippen molar-refractivity contribution in [3.63, 3.8) is 0 Å². The quantitative estimate of drug-likeness (QED) is 0.584. The second-order valence-electron chi connectivity index (χ2n) is 9.71. The molecule has 4 heterocycles. The molecule has 5 rings (SSSR count). The second kappa shape index (κ2) is 7.68. The van der Waals surface area contributed by atoms with Gasteiger partial charge in [0.25, 0.3) is 5.92 Å². The molecular weight excluding hydrogens is 440 g/mol. The van der Waals surface area contributed by atoms with Crippen molar-refractivity contribution in [2.45, 2.75) is 49.8 Å². The van der Waals surface area contributed by atoms with E-state index in [4.69, 9.17) is 4.74 Å². The minimum absolute atomic E-state index is 0.0598. The second-order valence-corrected chi connectivity index (χ2v) is 9.71. The first kappa shape index (κ1) is 22.6. The maximum atomic E-state index is 14.9. The first-order valence-electron chi connectivity index (χ1n) is 11.1. The van der Waals surface area contributed by atoms with Crippen molar-refractivity contribution in [2.75, 3.05) is 7.11 Å². The SMILES string of the molecule is C=C(c1cnc(-c2ccc(-n3ccnc3)cc2O)cn1)[C@H]1C[C@@]2(C)N[C@](C)(CC2(F)F)[C@@H]1OC. The number of rotatable bonds is 5. The maximum Gasteiger partial charge on any atom is 0.267 e. The van der Waals surface area contributed by atoms with E-state index in [2.05, 4.69) is 26.8 Å². The molecule has 178 valence electrons. The Labute approximate surface area is 196 Å². The fourth-order valence-corrected chi connectivity index (χ4v) is 5.65. The first-order valence-corrected chi connectivity index (χ1v) is 11.1. The number of fused-ring (bicyclic) bond motifs is 2. The molecule has 3 aromatic rings. The van der Waals surface area contributed by atoms with Crippen LogP contribution in [-0.2, 0) is 4.74 Å². The van der Waals surface area contributed by atoms with Crippen LogP contribution in [0.25, 0.3) is 22.5 Å². The van der Waals surface area contributed by atoms with Crippen molar-refractivity contribution >= 4 is 5.57 Å². The Morgan fingerprint density at radius 2 is 2.06 bits per heavy atom. The number of nitrogens with zero attached hydrogens (tertiary/aromatic N) is 4. The summed E-state index contributed by atoms with van der Waals surface area (Å²) in [6.45, 7) is 7.55. The maximum absolute atomic E-state index is 14.9. The van der Waals surface area contributed by atoms with Crippen molar-refractivity contribution in [1.29, 1.82) is 0 Å². The Morgan fingerprint density at radius 1 is 1.26 bits per heavy atom. The molecule has 2 aromatic heterocycles. The summed E-state index contributed by atoms with van der Waals surface area (Å²) in [4.78, 5) is 13.0. The van der Waals surface area contributed by atoms with E-state index in [9.17, 15) is 13.9 Å². The van der Waals surface area contributed by atoms with Gasteiger partial charge in [-0.3, -0.25) is 15.3 Å². The largest absolute Gasteiger partial charge is 0.507 e. The van der Waals surface area contributed by atoms with E-state index in [1.54, 1.807) is 68.8 Å². The third kappa shape index (κ3) is 3.42. The molecule has 7 nitrogen and oxygen atoms in total. The van der Waals surface area contributed by atoms with Crippen molar-refractivity contribution in [3.8, 4) is 22.7 Å². The number of phenolic OH excluding ortho intramolecular Hbond substituents is 1. The van der Waals surface area contributed by atoms with Crippen LogP contribution in [0.2, 0.25) is 0 Å². The molecule has 2 bridgehead atoms. The van der Waals surface area contributed by atoms with Gasteiger partial charge in [-0.15, -0.1) is 0 Å². The van der Waals surface area contributed by atoms with Crippen LogP contribution in [0, 0.1) is 5.92 Å². The Kier molecular flexibility index (Phi) is 5.11. The van der Waals surface area contributed by atoms with E-state index in [1.807, 2.05) is 6.07 Å². The predicted molar refractivity (Wildman–Crippen MR) is 124 cm³/mol. The lowest BCUT2D eigenvalue weighted by atomic mass is 9.73. The fraction of sp³-hybridized carbons (Fsp3) is 0.400. The molecule has 0 amide bonds. The van der Waals surface area contributed by atoms with Gasteiger partial charge in [-0.25, -0.2) is 13.8 Å². The van der Waals surface area contributed by atoms with Crippen molar-refractivity contribution in [1.82, 2.24) is 24.8 Å². The monoisotopic (exact) mass is 467 g/mol. The number of aromatic nitrogens is 4. The van der Waals surface area contributed by atoms with Crippen LogP contribution in [0.3, 0.4) is 0 Å². The van der Waals surface area contributed by atoms with Gasteiger partial charge in [-0.05, 0) is 38.0 Å². The Hall–Kier alpha value is -3.17. The van der Waals surface area contributed by atoms with Crippen LogP contribution in [0.5, 0.6) is 5.75 Å². The zero-order chi connectivity index (χ0) is 24.3. The van der Waals surface area contributed by atoms with Gasteiger partial charge < -0.3 is 14.4 Å². The normalized spacial score (nSPS) is 29.8. The minimum Gasteiger partial charge on any atom is -0.507 e. The Morgan fingerprint density at radius 3 is 2.68 bits per heavy atom. The van der Waals surface area contributed by atoms with Gasteiger partial charge in [-0.2, -0.15) is 0 Å². The number of piperidine rings is 1. The van der Waals surface area contributed by atoms with Crippen LogP contribution in [0.1, 0.15) is 32.4 Å². The molecule has 34 heavy (non-hydrogen) atoms. The number of alkyl halides is 2. The standard InChI is InChI=1S/C25H27F2N5O2/c1-15(18-10-24(3)25(26,27)13-23(2,31-24)22(18)34-4)19-11-30-20(12-29-19)17-6-5-16(9-21(17)33)32-8-7-28-14-32/h5-9,11-12,14,18,22,31,33H,1,10,13H2,2-4H3/t18-,22-,23-,24-/m1/s1. The molecule has 4 atom stereocenters. The number of nitrogens with one attached hydrogen (secondary N) is 1. The molecule has 0 radical (unpaired) electrons. The van der Waals surface area contributed by atoms with E-state index < -0.39 is 23.1 Å². The van der Waals surface area contributed by atoms with Crippen molar-refractivity contribution in [3.05, 3.63) is 61.6 Å². The molecule has 2 saturated heterocycles. The average molecular weight is 468 g/mol. The first-order chi connectivity index (χ1) is 16.1. The number of ether oxygens (including phenoxy) is 1. The van der Waals surface area contributed by atoms with Crippen LogP contribution >= 0.6 is 0 Å². The van der Waals surface area contributed by atoms with Gasteiger partial charge >= 0.3 is 0 Å². The van der Waals surface area contributed by atoms with Crippen molar-refractivity contribution < 1.29 is 18.6 Å². The number of hydrogen-bond donors (Lipinski definition) is 2. The lowest BCUT2D eigenvalue weighted by Gasteiger charge is -2.47. The number of methoxy groups -OCH3 is 1. The lowest BCUT2D eigenvalue weighted by Crippen LogP contribution is -2.64. The van der Waals surface area contributed by atoms with Gasteiger partial charge in [0.15, 0.2) is 0 Å². The summed E-state index contributed by atoms with van der Waals surface area (Å²) in [6, 6.07) is 5.24. The predicted octanol–water partition coefficient (Wildman–Crippen LogP) is 4.23. The third-order valence-corrected chi connectivity index (χ3v) is 7.32. The molecular formula is C25H27F2N5O2. The number of halogens is 2. The van der Waals surface area contributed by atoms with E-state index in [1.165, 1.54) is 0 Å². The molecule has 0 unspecified atom stereocenters. The van der Waals surface area contributed by atoms with Gasteiger partial charge in [0.05, 0.1) is 47.4 Å². The molecule has 2 aliphatic rings. The topological polar surface area (TPSA) is 85.1 Å². The van der Waals surface area contributed by atoms with Gasteiger partial charge in [0.1, 0.15) is 5.75 Å². The third-order valence-electron chi connectivity index (χ3n) is 7.32. The molecule has 9 heteroatoms. The van der Waals surface area contributed by atoms with Gasteiger partial charge in [0, 0.05) is 49.0 Å². The molecule has 2 N–H and O–H groups in total. The van der Waals surface area contributed by atoms with E-state index in [0.717, 1.165) is 5.69 Å². The highest BCUT2D eigenvalue weighted by Crippen LogP contribution is 2.55. The van der Waals surface area contributed by atoms with Crippen LogP contribution in [0.4, 0.5) is 8.78 Å². The minimum atomic E-state index is -2.86. The number of hydrogen-bond acceptors (Lipinski definition) is 6. The van der Waals surface area contributed by atoms with E-state index in [0.29, 0.717) is 22.5 Å². The highest BCUT2D eigenvalue weighted by atomic mass is 19.3. The highest BCUT2D eigenvalue weighted by molar-refractivity contribution is 5.70. The van der Waals surface area contributed by atoms with E-state index >= 15 is 0 Å². The summed E-state index contributed by atoms with van der Waals surface area (Å²) in [5, 5.41) is 13.7. The Balaban J connectivity index is 1.41. The van der Waals surface area contributed by atoms with E-state index in [-0.39, 0.29) is 24.5 Å². The van der Waals surface area contributed by atoms with Crippen LogP contribution in [0.15, 0.2) is 55.9 Å². The van der Waals surface area contributed by atoms with Crippen molar-refractivity contribution in [2.24, 2.45) is 5.92 Å². The number of aromatic hydroxyl groups is 1. The highest BCUT2D eigenvalue weighted by Gasteiger charge is 2.68. The molecule has 2 aliphatic heterocycles. The zero-order valence-electron chi connectivity index (χ0n) is 19.3. The fourth-order valence-electron chi connectivity index (χ4n) is 5.65. The molecule has 0 saturated carbocycles. The number of phenols is 1. The van der Waals surface area contributed by atoms with Crippen LogP contribution in [-0.4, -0.2) is 54.8 Å². The summed E-state index contributed by atoms with van der Waals surface area (Å²) >= 11 is 0. The molecule has 0 aliphatic carbocycles. The Bertz CT molecular complexity index is 1230. The zero-order valence-corrected chi connectivity index (χ0v) is 19.3. The smallest absolute Gasteiger partial charge is 0.267 e. The summed E-state index contributed by atoms with van der Waals surface area (Å²) in [6.07, 6.45) is 7.61. The average Bonchev–Trinajstić information content (AvgIpc) is 3.37. The summed E-state index contributed by atoms with van der Waals surface area (Å²) in [5.41, 5.74) is 0.689. The van der Waals surface area contributed by atoms with Gasteiger partial charge in [0.2, 0.25) is 0 Å². The molecule has 2 fully saturated rings. The van der Waals surface area contributed by atoms with Crippen LogP contribution < -0.4 is 5.32 Å². The molecule has 1 aromatic carbocycles. The number of imidazole rings is 1. The number of benzene rings is 1.